The Labute approximate surface area is 150 Å². The van der Waals surface area contributed by atoms with Crippen LogP contribution in [0.25, 0.3) is 0 Å². The van der Waals surface area contributed by atoms with Crippen molar-refractivity contribution in [3.05, 3.63) is 29.3 Å². The van der Waals surface area contributed by atoms with Gasteiger partial charge in [-0.25, -0.2) is 8.78 Å². The molecule has 1 heterocycles. The molecule has 4 atom stereocenters. The summed E-state index contributed by atoms with van der Waals surface area (Å²) >= 11 is 0. The maximum atomic E-state index is 14.3. The van der Waals surface area contributed by atoms with E-state index in [1.807, 2.05) is 0 Å². The molecule has 0 aromatic heterocycles. The Morgan fingerprint density at radius 3 is 2.31 bits per heavy atom. The molecule has 1 saturated heterocycles. The first kappa shape index (κ1) is 19.4. The van der Waals surface area contributed by atoms with E-state index in [1.54, 1.807) is 0 Å². The number of hydrogen-bond donors (Lipinski definition) is 4. The smallest absolute Gasteiger partial charge is 0.133 e. The zero-order valence-electron chi connectivity index (χ0n) is 14.4. The predicted molar refractivity (Wildman–Crippen MR) is 88.7 cm³/mol. The Kier molecular flexibility index (Phi) is 6.09. The van der Waals surface area contributed by atoms with Crippen LogP contribution < -0.4 is 4.74 Å². The van der Waals surface area contributed by atoms with E-state index in [9.17, 15) is 29.2 Å². The van der Waals surface area contributed by atoms with Crippen molar-refractivity contribution in [3.8, 4) is 5.75 Å². The van der Waals surface area contributed by atoms with Crippen molar-refractivity contribution < 1.29 is 33.9 Å². The van der Waals surface area contributed by atoms with Crippen molar-refractivity contribution >= 4 is 0 Å². The van der Waals surface area contributed by atoms with Crippen molar-refractivity contribution in [3.63, 3.8) is 0 Å². The lowest BCUT2D eigenvalue weighted by Crippen LogP contribution is -2.62. The normalized spacial score (nSPS) is 29.8. The summed E-state index contributed by atoms with van der Waals surface area (Å²) in [5, 5.41) is 38.9. The standard InChI is InChI=1S/C18H25F2NO5/c19-13-5-11(26-9-10-1-2-10)6-14(20)12(13)3-4-21-7-16(23)18(25)17(24)15(21)8-22/h5-6,10,15-18,22-25H,1-4,7-9H2/t15-,16-,17+,18+/m0/s1. The van der Waals surface area contributed by atoms with Crippen molar-refractivity contribution in [2.24, 2.45) is 5.92 Å². The van der Waals surface area contributed by atoms with Crippen LogP contribution in [0.4, 0.5) is 8.78 Å². The largest absolute Gasteiger partial charge is 0.493 e. The summed E-state index contributed by atoms with van der Waals surface area (Å²) < 4.78 is 33.9. The maximum Gasteiger partial charge on any atom is 0.133 e. The van der Waals surface area contributed by atoms with E-state index in [4.69, 9.17) is 4.74 Å². The Morgan fingerprint density at radius 1 is 1.08 bits per heavy atom. The van der Waals surface area contributed by atoms with Gasteiger partial charge in [0, 0.05) is 30.8 Å². The van der Waals surface area contributed by atoms with Crippen LogP contribution in [0.3, 0.4) is 0 Å². The molecular weight excluding hydrogens is 348 g/mol. The molecule has 1 aliphatic carbocycles. The maximum absolute atomic E-state index is 14.3. The second-order valence-corrected chi connectivity index (χ2v) is 7.16. The molecule has 2 fully saturated rings. The molecule has 146 valence electrons. The third-order valence-corrected chi connectivity index (χ3v) is 5.16. The van der Waals surface area contributed by atoms with Gasteiger partial charge in [0.2, 0.25) is 0 Å². The number of aliphatic hydroxyl groups is 4. The number of hydrogen-bond acceptors (Lipinski definition) is 6. The number of aliphatic hydroxyl groups excluding tert-OH is 4. The summed E-state index contributed by atoms with van der Waals surface area (Å²) in [5.41, 5.74) is -0.115. The molecule has 26 heavy (non-hydrogen) atoms. The Morgan fingerprint density at radius 2 is 1.73 bits per heavy atom. The number of piperidine rings is 1. The van der Waals surface area contributed by atoms with E-state index in [2.05, 4.69) is 0 Å². The Bertz CT molecular complexity index is 605. The van der Waals surface area contributed by atoms with E-state index in [0.29, 0.717) is 12.5 Å². The molecular formula is C18H25F2NO5. The lowest BCUT2D eigenvalue weighted by atomic mass is 9.93. The number of ether oxygens (including phenoxy) is 1. The van der Waals surface area contributed by atoms with Crippen LogP contribution in [0.15, 0.2) is 12.1 Å². The molecule has 1 aliphatic heterocycles. The van der Waals surface area contributed by atoms with Gasteiger partial charge in [-0.3, -0.25) is 4.90 Å². The van der Waals surface area contributed by atoms with Crippen molar-refractivity contribution in [2.75, 3.05) is 26.3 Å². The van der Waals surface area contributed by atoms with Crippen LogP contribution >= 0.6 is 0 Å². The van der Waals surface area contributed by atoms with Crippen molar-refractivity contribution in [2.45, 2.75) is 43.6 Å². The van der Waals surface area contributed by atoms with E-state index < -0.39 is 42.6 Å². The highest BCUT2D eigenvalue weighted by molar-refractivity contribution is 5.31. The number of halogens is 2. The second-order valence-electron chi connectivity index (χ2n) is 7.16. The molecule has 8 heteroatoms. The molecule has 2 aliphatic rings. The first-order chi connectivity index (χ1) is 12.4. The fourth-order valence-electron chi connectivity index (χ4n) is 3.29. The number of benzene rings is 1. The minimum atomic E-state index is -1.36. The minimum absolute atomic E-state index is 0.00469. The van der Waals surface area contributed by atoms with Gasteiger partial charge in [0.05, 0.1) is 25.4 Å². The molecule has 0 amide bonds. The van der Waals surface area contributed by atoms with Crippen molar-refractivity contribution in [1.82, 2.24) is 4.90 Å². The Hall–Kier alpha value is -1.32. The highest BCUT2D eigenvalue weighted by atomic mass is 19.1. The number of likely N-dealkylation sites (tertiary alicyclic amines) is 1. The lowest BCUT2D eigenvalue weighted by molar-refractivity contribution is -0.144. The molecule has 1 aromatic rings. The van der Waals surface area contributed by atoms with Crippen LogP contribution in [0.1, 0.15) is 18.4 Å². The molecule has 6 nitrogen and oxygen atoms in total. The fourth-order valence-corrected chi connectivity index (χ4v) is 3.29. The van der Waals surface area contributed by atoms with E-state index >= 15 is 0 Å². The summed E-state index contributed by atoms with van der Waals surface area (Å²) in [5.74, 6) is -0.789. The first-order valence-corrected chi connectivity index (χ1v) is 8.90. The van der Waals surface area contributed by atoms with Crippen molar-refractivity contribution in [1.29, 1.82) is 0 Å². The fraction of sp³-hybridized carbons (Fsp3) is 0.667. The zero-order valence-corrected chi connectivity index (χ0v) is 14.4. The van der Waals surface area contributed by atoms with Gasteiger partial charge in [0.1, 0.15) is 29.6 Å². The summed E-state index contributed by atoms with van der Waals surface area (Å²) in [6.45, 7) is 0.129. The lowest BCUT2D eigenvalue weighted by Gasteiger charge is -2.43. The summed E-state index contributed by atoms with van der Waals surface area (Å²) in [6, 6.07) is 1.52. The quantitative estimate of drug-likeness (QED) is 0.540. The molecule has 1 aromatic carbocycles. The SMILES string of the molecule is OC[C@H]1[C@@H](O)[C@H](O)[C@@H](O)CN1CCc1c(F)cc(OCC2CC2)cc1F. The van der Waals surface area contributed by atoms with E-state index in [-0.39, 0.29) is 30.8 Å². The molecule has 0 spiro atoms. The Balaban J connectivity index is 1.64. The highest BCUT2D eigenvalue weighted by Gasteiger charge is 2.40. The van der Waals surface area contributed by atoms with Gasteiger partial charge in [-0.2, -0.15) is 0 Å². The zero-order chi connectivity index (χ0) is 18.8. The third kappa shape index (κ3) is 4.32. The molecule has 3 rings (SSSR count). The van der Waals surface area contributed by atoms with Gasteiger partial charge in [-0.1, -0.05) is 0 Å². The molecule has 0 unspecified atom stereocenters. The van der Waals surface area contributed by atoms with Gasteiger partial charge >= 0.3 is 0 Å². The summed E-state index contributed by atoms with van der Waals surface area (Å²) in [7, 11) is 0. The summed E-state index contributed by atoms with van der Waals surface area (Å²) in [4.78, 5) is 1.53. The topological polar surface area (TPSA) is 93.4 Å². The number of β-amino-alcohol motifs (C(OH)–C–C–N with tert-alkyl or cyclic N) is 1. The van der Waals surface area contributed by atoms with Gasteiger partial charge in [0.25, 0.3) is 0 Å². The third-order valence-electron chi connectivity index (χ3n) is 5.16. The molecule has 4 N–H and O–H groups in total. The first-order valence-electron chi connectivity index (χ1n) is 8.90. The van der Waals surface area contributed by atoms with Gasteiger partial charge < -0.3 is 25.2 Å². The molecule has 0 bridgehead atoms. The number of nitrogens with zero attached hydrogens (tertiary/aromatic N) is 1. The van der Waals surface area contributed by atoms with Crippen LogP contribution in [-0.2, 0) is 6.42 Å². The average Bonchev–Trinajstić information content (AvgIpc) is 3.42. The van der Waals surface area contributed by atoms with E-state index in [0.717, 1.165) is 25.0 Å². The van der Waals surface area contributed by atoms with Crippen LogP contribution in [0.5, 0.6) is 5.75 Å². The van der Waals surface area contributed by atoms with E-state index in [1.165, 1.54) is 4.90 Å². The monoisotopic (exact) mass is 373 g/mol. The number of rotatable bonds is 7. The van der Waals surface area contributed by atoms with Crippen LogP contribution in [0, 0.1) is 17.6 Å². The van der Waals surface area contributed by atoms with Crippen LogP contribution in [-0.4, -0.2) is 76.0 Å². The predicted octanol–water partition coefficient (Wildman–Crippen LogP) is 0.0553. The van der Waals surface area contributed by atoms with Gasteiger partial charge in [-0.15, -0.1) is 0 Å². The second kappa shape index (κ2) is 8.14. The van der Waals surface area contributed by atoms with Gasteiger partial charge in [0.15, 0.2) is 0 Å². The average molecular weight is 373 g/mol. The highest BCUT2D eigenvalue weighted by Crippen LogP contribution is 2.30. The minimum Gasteiger partial charge on any atom is -0.493 e. The molecule has 1 saturated carbocycles. The summed E-state index contributed by atoms with van der Waals surface area (Å²) in [6.07, 6.45) is -1.74. The molecule has 0 radical (unpaired) electrons. The van der Waals surface area contributed by atoms with Gasteiger partial charge in [-0.05, 0) is 25.2 Å². The van der Waals surface area contributed by atoms with Crippen LogP contribution in [0.2, 0.25) is 0 Å².